The second-order valence-electron chi connectivity index (χ2n) is 8.71. The van der Waals surface area contributed by atoms with Crippen molar-refractivity contribution in [1.82, 2.24) is 14.8 Å². The van der Waals surface area contributed by atoms with Crippen LogP contribution in [0.25, 0.3) is 16.7 Å². The van der Waals surface area contributed by atoms with E-state index < -0.39 is 5.97 Å². The molecule has 0 aliphatic carbocycles. The molecule has 180 valence electrons. The van der Waals surface area contributed by atoms with Crippen LogP contribution >= 0.6 is 0 Å². The zero-order valence-corrected chi connectivity index (χ0v) is 20.8. The molecule has 0 saturated heterocycles. The van der Waals surface area contributed by atoms with Crippen molar-refractivity contribution in [2.45, 2.75) is 27.7 Å². The Hall–Kier alpha value is -4.20. The first-order chi connectivity index (χ1) is 16.7. The molecule has 0 saturated carbocycles. The highest BCUT2D eigenvalue weighted by atomic mass is 16.5. The molecule has 0 radical (unpaired) electrons. The van der Waals surface area contributed by atoms with E-state index in [9.17, 15) is 9.59 Å². The van der Waals surface area contributed by atoms with Crippen LogP contribution in [-0.4, -0.2) is 47.3 Å². The molecule has 1 N–H and O–H groups in total. The fourth-order valence-corrected chi connectivity index (χ4v) is 4.03. The lowest BCUT2D eigenvalue weighted by Crippen LogP contribution is -2.19. The summed E-state index contributed by atoms with van der Waals surface area (Å²) >= 11 is 0. The number of amides is 1. The van der Waals surface area contributed by atoms with Crippen LogP contribution in [0.5, 0.6) is 0 Å². The van der Waals surface area contributed by atoms with Crippen LogP contribution in [-0.2, 0) is 4.74 Å². The Morgan fingerprint density at radius 2 is 1.74 bits per heavy atom. The van der Waals surface area contributed by atoms with Gasteiger partial charge in [-0.05, 0) is 75.2 Å². The maximum Gasteiger partial charge on any atom is 0.343 e. The summed E-state index contributed by atoms with van der Waals surface area (Å²) in [5.41, 5.74) is 5.63. The van der Waals surface area contributed by atoms with Crippen molar-refractivity contribution in [3.63, 3.8) is 0 Å². The monoisotopic (exact) mass is 471 g/mol. The number of pyridine rings is 1. The number of anilines is 2. The summed E-state index contributed by atoms with van der Waals surface area (Å²) in [5, 5.41) is 8.31. The van der Waals surface area contributed by atoms with Gasteiger partial charge in [0.15, 0.2) is 11.6 Å². The molecule has 0 fully saturated rings. The van der Waals surface area contributed by atoms with Gasteiger partial charge in [-0.1, -0.05) is 11.6 Å². The summed E-state index contributed by atoms with van der Waals surface area (Å²) < 4.78 is 6.68. The number of benzene rings is 2. The largest absolute Gasteiger partial charge is 0.462 e. The zero-order valence-electron chi connectivity index (χ0n) is 20.8. The number of hydrogen-bond acceptors (Lipinski definition) is 6. The van der Waals surface area contributed by atoms with Crippen molar-refractivity contribution in [2.75, 3.05) is 30.9 Å². The van der Waals surface area contributed by atoms with Gasteiger partial charge in [-0.3, -0.25) is 4.79 Å². The highest BCUT2D eigenvalue weighted by Gasteiger charge is 2.23. The Kier molecular flexibility index (Phi) is 6.55. The number of nitrogens with zero attached hydrogens (tertiary/aromatic N) is 4. The molecule has 0 atom stereocenters. The van der Waals surface area contributed by atoms with Gasteiger partial charge in [0.05, 0.1) is 18.3 Å². The fourth-order valence-electron chi connectivity index (χ4n) is 4.03. The first-order valence-electron chi connectivity index (χ1n) is 11.4. The molecule has 0 spiro atoms. The van der Waals surface area contributed by atoms with Crippen molar-refractivity contribution in [3.8, 4) is 5.82 Å². The molecule has 4 aromatic rings. The smallest absolute Gasteiger partial charge is 0.343 e. The first kappa shape index (κ1) is 23.9. The van der Waals surface area contributed by atoms with E-state index in [1.807, 2.05) is 51.0 Å². The standard InChI is InChI=1S/C27H29N5O3/c1-7-35-27(34)22-15-28-32(23-14-17(3)21-13-16(2)12-18(4)24(21)29-23)25(22)30-26(33)19-8-10-20(11-9-19)31(5)6/h8-15H,7H2,1-6H3,(H,30,33). The molecular formula is C27H29N5O3. The number of aromatic nitrogens is 3. The predicted molar refractivity (Wildman–Crippen MR) is 138 cm³/mol. The molecular weight excluding hydrogens is 442 g/mol. The van der Waals surface area contributed by atoms with Gasteiger partial charge in [0.1, 0.15) is 5.56 Å². The fraction of sp³-hybridized carbons (Fsp3) is 0.259. The summed E-state index contributed by atoms with van der Waals surface area (Å²) in [6.07, 6.45) is 1.39. The third-order valence-electron chi connectivity index (χ3n) is 5.80. The Morgan fingerprint density at radius 3 is 2.40 bits per heavy atom. The van der Waals surface area contributed by atoms with Gasteiger partial charge in [0.2, 0.25) is 0 Å². The van der Waals surface area contributed by atoms with Gasteiger partial charge < -0.3 is 15.0 Å². The first-order valence-corrected chi connectivity index (χ1v) is 11.4. The third kappa shape index (κ3) is 4.73. The van der Waals surface area contributed by atoms with E-state index in [2.05, 4.69) is 29.5 Å². The molecule has 35 heavy (non-hydrogen) atoms. The van der Waals surface area contributed by atoms with Gasteiger partial charge in [-0.25, -0.2) is 9.78 Å². The Bertz CT molecular complexity index is 1420. The van der Waals surface area contributed by atoms with E-state index in [-0.39, 0.29) is 23.9 Å². The van der Waals surface area contributed by atoms with Crippen molar-refractivity contribution in [1.29, 1.82) is 0 Å². The lowest BCUT2D eigenvalue weighted by molar-refractivity contribution is 0.0527. The quantitative estimate of drug-likeness (QED) is 0.405. The van der Waals surface area contributed by atoms with E-state index in [4.69, 9.17) is 9.72 Å². The average Bonchev–Trinajstić information content (AvgIpc) is 3.23. The normalized spacial score (nSPS) is 10.9. The van der Waals surface area contributed by atoms with E-state index in [0.717, 1.165) is 33.3 Å². The van der Waals surface area contributed by atoms with Crippen LogP contribution < -0.4 is 10.2 Å². The SMILES string of the molecule is CCOC(=O)c1cnn(-c2cc(C)c3cc(C)cc(C)c3n2)c1NC(=O)c1ccc(N(C)C)cc1. The van der Waals surface area contributed by atoms with Crippen molar-refractivity contribution in [2.24, 2.45) is 0 Å². The number of carbonyl (C=O) groups excluding carboxylic acids is 2. The molecule has 1 amide bonds. The predicted octanol–water partition coefficient (Wildman–Crippen LogP) is 4.84. The molecule has 0 aliphatic heterocycles. The number of aryl methyl sites for hydroxylation is 3. The molecule has 2 heterocycles. The van der Waals surface area contributed by atoms with Crippen molar-refractivity contribution < 1.29 is 14.3 Å². The molecule has 0 bridgehead atoms. The second kappa shape index (κ2) is 9.58. The van der Waals surface area contributed by atoms with E-state index in [1.165, 1.54) is 10.9 Å². The van der Waals surface area contributed by atoms with Gasteiger partial charge in [-0.15, -0.1) is 0 Å². The molecule has 4 rings (SSSR count). The summed E-state index contributed by atoms with van der Waals surface area (Å²) in [6, 6.07) is 13.3. The molecule has 8 nitrogen and oxygen atoms in total. The Labute approximate surface area is 204 Å². The highest BCUT2D eigenvalue weighted by molar-refractivity contribution is 6.07. The molecule has 2 aromatic carbocycles. The van der Waals surface area contributed by atoms with Gasteiger partial charge in [0, 0.05) is 30.7 Å². The zero-order chi connectivity index (χ0) is 25.3. The number of ether oxygens (including phenoxy) is 1. The number of carbonyl (C=O) groups is 2. The lowest BCUT2D eigenvalue weighted by Gasteiger charge is -2.14. The van der Waals surface area contributed by atoms with Crippen LogP contribution in [0.15, 0.2) is 48.7 Å². The van der Waals surface area contributed by atoms with Crippen LogP contribution in [0.4, 0.5) is 11.5 Å². The number of rotatable bonds is 6. The van der Waals surface area contributed by atoms with Crippen molar-refractivity contribution in [3.05, 3.63) is 76.5 Å². The summed E-state index contributed by atoms with van der Waals surface area (Å²) in [7, 11) is 3.86. The topological polar surface area (TPSA) is 89.3 Å². The molecule has 0 aliphatic rings. The van der Waals surface area contributed by atoms with E-state index in [1.54, 1.807) is 19.1 Å². The van der Waals surface area contributed by atoms with Crippen molar-refractivity contribution >= 4 is 34.3 Å². The van der Waals surface area contributed by atoms with Gasteiger partial charge >= 0.3 is 5.97 Å². The molecule has 8 heteroatoms. The lowest BCUT2D eigenvalue weighted by atomic mass is 10.0. The maximum absolute atomic E-state index is 13.1. The average molecular weight is 472 g/mol. The summed E-state index contributed by atoms with van der Waals surface area (Å²) in [5.74, 6) is -0.231. The Morgan fingerprint density at radius 1 is 1.03 bits per heavy atom. The number of hydrogen-bond donors (Lipinski definition) is 1. The van der Waals surface area contributed by atoms with E-state index in [0.29, 0.717) is 11.4 Å². The van der Waals surface area contributed by atoms with Crippen LogP contribution in [0, 0.1) is 20.8 Å². The second-order valence-corrected chi connectivity index (χ2v) is 8.71. The van der Waals surface area contributed by atoms with Gasteiger partial charge in [0.25, 0.3) is 5.91 Å². The number of esters is 1. The third-order valence-corrected chi connectivity index (χ3v) is 5.80. The van der Waals surface area contributed by atoms with E-state index >= 15 is 0 Å². The van der Waals surface area contributed by atoms with Gasteiger partial charge in [-0.2, -0.15) is 9.78 Å². The molecule has 2 aromatic heterocycles. The minimum absolute atomic E-state index is 0.158. The summed E-state index contributed by atoms with van der Waals surface area (Å²) in [4.78, 5) is 32.6. The van der Waals surface area contributed by atoms with Crippen LogP contribution in [0.2, 0.25) is 0 Å². The maximum atomic E-state index is 13.1. The minimum atomic E-state index is -0.568. The minimum Gasteiger partial charge on any atom is -0.462 e. The molecule has 0 unspecified atom stereocenters. The highest BCUT2D eigenvalue weighted by Crippen LogP contribution is 2.27. The Balaban J connectivity index is 1.80. The van der Waals surface area contributed by atoms with Crippen LogP contribution in [0.3, 0.4) is 0 Å². The summed E-state index contributed by atoms with van der Waals surface area (Å²) in [6.45, 7) is 8.00. The number of nitrogens with one attached hydrogen (secondary N) is 1. The number of fused-ring (bicyclic) bond motifs is 1. The van der Waals surface area contributed by atoms with Crippen LogP contribution in [0.1, 0.15) is 44.3 Å².